The van der Waals surface area contributed by atoms with Crippen LogP contribution in [0, 0.1) is 11.8 Å². The van der Waals surface area contributed by atoms with Crippen molar-refractivity contribution >= 4 is 0 Å². The van der Waals surface area contributed by atoms with Gasteiger partial charge in [-0.25, -0.2) is 0 Å². The van der Waals surface area contributed by atoms with Crippen molar-refractivity contribution in [3.05, 3.63) is 12.2 Å². The second-order valence-corrected chi connectivity index (χ2v) is 3.52. The van der Waals surface area contributed by atoms with Gasteiger partial charge >= 0.3 is 0 Å². The average Bonchev–Trinajstić information content (AvgIpc) is 2.37. The van der Waals surface area contributed by atoms with Crippen LogP contribution in [0.5, 0.6) is 0 Å². The van der Waals surface area contributed by atoms with Crippen LogP contribution < -0.4 is 5.32 Å². The van der Waals surface area contributed by atoms with Crippen LogP contribution in [0.3, 0.4) is 0 Å². The summed E-state index contributed by atoms with van der Waals surface area (Å²) in [5, 5.41) is 3.40. The zero-order chi connectivity index (χ0) is 8.10. The van der Waals surface area contributed by atoms with Crippen molar-refractivity contribution in [3.63, 3.8) is 0 Å². The third-order valence-electron chi connectivity index (χ3n) is 2.42. The minimum atomic E-state index is 0.793. The first-order chi connectivity index (χ1) is 5.34. The van der Waals surface area contributed by atoms with E-state index in [1.807, 2.05) is 0 Å². The summed E-state index contributed by atoms with van der Waals surface area (Å²) in [6, 6.07) is 0. The van der Waals surface area contributed by atoms with E-state index in [-0.39, 0.29) is 0 Å². The number of hydrogen-bond donors (Lipinski definition) is 1. The molecule has 2 atom stereocenters. The van der Waals surface area contributed by atoms with E-state index in [1.165, 1.54) is 25.9 Å². The first-order valence-electron chi connectivity index (χ1n) is 4.72. The van der Waals surface area contributed by atoms with Gasteiger partial charge in [-0.3, -0.25) is 0 Å². The summed E-state index contributed by atoms with van der Waals surface area (Å²) in [6.45, 7) is 6.92. The molecule has 0 aromatic carbocycles. The highest BCUT2D eigenvalue weighted by Gasteiger charge is 2.19. The molecular weight excluding hydrogens is 134 g/mol. The van der Waals surface area contributed by atoms with Crippen LogP contribution in [-0.4, -0.2) is 13.1 Å². The molecule has 0 bridgehead atoms. The Morgan fingerprint density at radius 2 is 2.27 bits per heavy atom. The molecule has 2 unspecified atom stereocenters. The zero-order valence-corrected chi connectivity index (χ0v) is 7.64. The molecule has 1 heterocycles. The van der Waals surface area contributed by atoms with Crippen molar-refractivity contribution in [2.75, 3.05) is 13.1 Å². The van der Waals surface area contributed by atoms with E-state index in [4.69, 9.17) is 0 Å². The van der Waals surface area contributed by atoms with E-state index in [1.54, 1.807) is 0 Å². The first kappa shape index (κ1) is 8.79. The lowest BCUT2D eigenvalue weighted by molar-refractivity contribution is 0.541. The number of allylic oxidation sites excluding steroid dienone is 1. The Kier molecular flexibility index (Phi) is 3.64. The van der Waals surface area contributed by atoms with Crippen LogP contribution >= 0.6 is 0 Å². The van der Waals surface area contributed by atoms with Crippen LogP contribution in [0.25, 0.3) is 0 Å². The first-order valence-corrected chi connectivity index (χ1v) is 4.72. The maximum absolute atomic E-state index is 3.40. The lowest BCUT2D eigenvalue weighted by Crippen LogP contribution is -2.07. The van der Waals surface area contributed by atoms with Crippen LogP contribution in [0.15, 0.2) is 12.2 Å². The van der Waals surface area contributed by atoms with Gasteiger partial charge in [0.25, 0.3) is 0 Å². The Morgan fingerprint density at radius 1 is 1.45 bits per heavy atom. The summed E-state index contributed by atoms with van der Waals surface area (Å²) in [5.74, 6) is 1.63. The quantitative estimate of drug-likeness (QED) is 0.613. The minimum absolute atomic E-state index is 0.793. The van der Waals surface area contributed by atoms with Crippen molar-refractivity contribution in [1.29, 1.82) is 0 Å². The summed E-state index contributed by atoms with van der Waals surface area (Å²) in [4.78, 5) is 0. The summed E-state index contributed by atoms with van der Waals surface area (Å²) in [6.07, 6.45) is 7.22. The molecule has 64 valence electrons. The topological polar surface area (TPSA) is 12.0 Å². The summed E-state index contributed by atoms with van der Waals surface area (Å²) < 4.78 is 0. The van der Waals surface area contributed by atoms with Crippen molar-refractivity contribution in [2.24, 2.45) is 11.8 Å². The normalized spacial score (nSPS) is 31.8. The predicted octanol–water partition coefficient (Wildman–Crippen LogP) is 2.20. The molecule has 11 heavy (non-hydrogen) atoms. The molecule has 1 heteroatoms. The monoisotopic (exact) mass is 153 g/mol. The lowest BCUT2D eigenvalue weighted by atomic mass is 9.97. The number of nitrogens with one attached hydrogen (secondary N) is 1. The highest BCUT2D eigenvalue weighted by atomic mass is 14.9. The van der Waals surface area contributed by atoms with Crippen molar-refractivity contribution in [2.45, 2.75) is 26.7 Å². The van der Waals surface area contributed by atoms with Gasteiger partial charge in [0, 0.05) is 6.54 Å². The molecule has 1 rings (SSSR count). The van der Waals surface area contributed by atoms with E-state index < -0.39 is 0 Å². The molecule has 0 spiro atoms. The predicted molar refractivity (Wildman–Crippen MR) is 49.6 cm³/mol. The second-order valence-electron chi connectivity index (χ2n) is 3.52. The van der Waals surface area contributed by atoms with Crippen LogP contribution in [-0.2, 0) is 0 Å². The molecule has 1 fully saturated rings. The SMILES string of the molecule is CCC/C=C\C1CNCC1C. The summed E-state index contributed by atoms with van der Waals surface area (Å²) in [5.41, 5.74) is 0. The van der Waals surface area contributed by atoms with E-state index in [2.05, 4.69) is 31.3 Å². The van der Waals surface area contributed by atoms with Crippen molar-refractivity contribution in [3.8, 4) is 0 Å². The standard InChI is InChI=1S/C10H19N/c1-3-4-5-6-10-8-11-7-9(10)2/h5-6,9-11H,3-4,7-8H2,1-2H3/b6-5-. The van der Waals surface area contributed by atoms with Gasteiger partial charge in [0.15, 0.2) is 0 Å². The molecule has 1 aliphatic rings. The third kappa shape index (κ3) is 2.66. The molecule has 0 radical (unpaired) electrons. The third-order valence-corrected chi connectivity index (χ3v) is 2.42. The van der Waals surface area contributed by atoms with Gasteiger partial charge in [-0.05, 0) is 24.8 Å². The molecule has 1 N–H and O–H groups in total. The number of hydrogen-bond acceptors (Lipinski definition) is 1. The fraction of sp³-hybridized carbons (Fsp3) is 0.800. The molecule has 1 saturated heterocycles. The fourth-order valence-corrected chi connectivity index (χ4v) is 1.53. The van der Waals surface area contributed by atoms with Gasteiger partial charge in [0.1, 0.15) is 0 Å². The van der Waals surface area contributed by atoms with Crippen molar-refractivity contribution in [1.82, 2.24) is 5.32 Å². The Hall–Kier alpha value is -0.300. The van der Waals surface area contributed by atoms with Gasteiger partial charge in [-0.2, -0.15) is 0 Å². The second kappa shape index (κ2) is 4.55. The summed E-state index contributed by atoms with van der Waals surface area (Å²) >= 11 is 0. The molecular formula is C10H19N. The maximum atomic E-state index is 3.40. The summed E-state index contributed by atoms with van der Waals surface area (Å²) in [7, 11) is 0. The smallest absolute Gasteiger partial charge is 0.00173 e. The molecule has 0 amide bonds. The zero-order valence-electron chi connectivity index (χ0n) is 7.64. The molecule has 1 aliphatic heterocycles. The van der Waals surface area contributed by atoms with Gasteiger partial charge in [-0.1, -0.05) is 32.4 Å². The fourth-order valence-electron chi connectivity index (χ4n) is 1.53. The van der Waals surface area contributed by atoms with E-state index >= 15 is 0 Å². The van der Waals surface area contributed by atoms with Gasteiger partial charge in [0.2, 0.25) is 0 Å². The Morgan fingerprint density at radius 3 is 2.82 bits per heavy atom. The van der Waals surface area contributed by atoms with E-state index in [0.29, 0.717) is 0 Å². The molecule has 1 nitrogen and oxygen atoms in total. The van der Waals surface area contributed by atoms with E-state index in [0.717, 1.165) is 11.8 Å². The Balaban J connectivity index is 2.24. The molecule has 0 aromatic rings. The Labute approximate surface area is 69.9 Å². The number of unbranched alkanes of at least 4 members (excludes halogenated alkanes) is 1. The Bertz CT molecular complexity index is 129. The molecule has 0 aliphatic carbocycles. The highest BCUT2D eigenvalue weighted by molar-refractivity contribution is 4.95. The lowest BCUT2D eigenvalue weighted by Gasteiger charge is -2.07. The van der Waals surface area contributed by atoms with Crippen LogP contribution in [0.1, 0.15) is 26.7 Å². The van der Waals surface area contributed by atoms with Gasteiger partial charge in [0.05, 0.1) is 0 Å². The number of rotatable bonds is 3. The van der Waals surface area contributed by atoms with Crippen LogP contribution in [0.2, 0.25) is 0 Å². The minimum Gasteiger partial charge on any atom is -0.316 e. The van der Waals surface area contributed by atoms with Gasteiger partial charge < -0.3 is 5.32 Å². The highest BCUT2D eigenvalue weighted by Crippen LogP contribution is 2.17. The average molecular weight is 153 g/mol. The largest absolute Gasteiger partial charge is 0.316 e. The molecule has 0 aromatic heterocycles. The maximum Gasteiger partial charge on any atom is 0.00173 e. The van der Waals surface area contributed by atoms with Crippen molar-refractivity contribution < 1.29 is 0 Å². The van der Waals surface area contributed by atoms with E-state index in [9.17, 15) is 0 Å². The molecule has 0 saturated carbocycles. The van der Waals surface area contributed by atoms with Crippen LogP contribution in [0.4, 0.5) is 0 Å². The van der Waals surface area contributed by atoms with Gasteiger partial charge in [-0.15, -0.1) is 0 Å².